The number of halogens is 3. The molecule has 2 saturated heterocycles. The maximum absolute atomic E-state index is 14.1. The van der Waals surface area contributed by atoms with Gasteiger partial charge < -0.3 is 30.3 Å². The van der Waals surface area contributed by atoms with E-state index >= 15 is 0 Å². The molecule has 3 N–H and O–H groups in total. The van der Waals surface area contributed by atoms with Gasteiger partial charge in [0.25, 0.3) is 0 Å². The third kappa shape index (κ3) is 8.39. The second kappa shape index (κ2) is 15.7. The highest BCUT2D eigenvalue weighted by atomic mass is 35.5. The molecule has 258 valence electrons. The van der Waals surface area contributed by atoms with Gasteiger partial charge in [-0.2, -0.15) is 0 Å². The van der Waals surface area contributed by atoms with Crippen LogP contribution in [-0.4, -0.2) is 61.9 Å². The van der Waals surface area contributed by atoms with Crippen LogP contribution in [0.5, 0.6) is 11.5 Å². The minimum Gasteiger partial charge on any atom is -0.493 e. The number of fused-ring (bicyclic) bond motifs is 1. The first-order valence-electron chi connectivity index (χ1n) is 17.4. The monoisotopic (exact) mass is 696 g/mol. The lowest BCUT2D eigenvalue weighted by Gasteiger charge is -2.34. The molecule has 3 aromatic carbocycles. The molecular weight excluding hydrogens is 650 g/mol. The molecule has 2 fully saturated rings. The van der Waals surface area contributed by atoms with Gasteiger partial charge in [0, 0.05) is 62.4 Å². The molecule has 10 heteroatoms. The Labute approximate surface area is 293 Å². The van der Waals surface area contributed by atoms with E-state index in [4.69, 9.17) is 32.7 Å². The number of carbonyl (C=O) groups excluding carboxylic acids is 1. The molecule has 2 atom stereocenters. The smallest absolute Gasteiger partial charge is 0.220 e. The number of likely N-dealkylation sites (tertiary alicyclic amines) is 1. The van der Waals surface area contributed by atoms with Crippen LogP contribution in [0.3, 0.4) is 0 Å². The van der Waals surface area contributed by atoms with Crippen molar-refractivity contribution >= 4 is 34.8 Å². The molecule has 0 bridgehead atoms. The normalized spacial score (nSPS) is 20.6. The van der Waals surface area contributed by atoms with Crippen molar-refractivity contribution in [1.82, 2.24) is 15.5 Å². The zero-order valence-electron chi connectivity index (χ0n) is 28.0. The van der Waals surface area contributed by atoms with Crippen molar-refractivity contribution in [2.24, 2.45) is 0 Å². The molecule has 0 spiro atoms. The van der Waals surface area contributed by atoms with Crippen LogP contribution in [0.15, 0.2) is 48.5 Å². The number of carbonyl (C=O) groups is 1. The number of benzene rings is 3. The molecule has 6 rings (SSSR count). The van der Waals surface area contributed by atoms with Crippen molar-refractivity contribution in [3.05, 3.63) is 75.3 Å². The number of anilines is 1. The van der Waals surface area contributed by atoms with Crippen molar-refractivity contribution in [3.8, 4) is 22.6 Å². The van der Waals surface area contributed by atoms with Gasteiger partial charge in [0.05, 0.1) is 35.0 Å². The molecule has 0 aromatic heterocycles. The molecule has 48 heavy (non-hydrogen) atoms. The van der Waals surface area contributed by atoms with Crippen LogP contribution >= 0.6 is 23.2 Å². The topological polar surface area (TPSA) is 74.9 Å². The number of hydrogen-bond acceptors (Lipinski definition) is 6. The Morgan fingerprint density at radius 1 is 1.02 bits per heavy atom. The first-order valence-corrected chi connectivity index (χ1v) is 18.1. The molecular formula is C38H47Cl2FN4O3. The van der Waals surface area contributed by atoms with Gasteiger partial charge in [-0.05, 0) is 81.2 Å². The zero-order chi connectivity index (χ0) is 33.7. The summed E-state index contributed by atoms with van der Waals surface area (Å²) >= 11 is 13.9. The average Bonchev–Trinajstić information content (AvgIpc) is 3.49. The Morgan fingerprint density at radius 2 is 1.81 bits per heavy atom. The van der Waals surface area contributed by atoms with Crippen LogP contribution in [0.4, 0.5) is 10.1 Å². The van der Waals surface area contributed by atoms with Gasteiger partial charge in [0.1, 0.15) is 17.2 Å². The Balaban J connectivity index is 1.11. The van der Waals surface area contributed by atoms with Crippen molar-refractivity contribution < 1.29 is 18.7 Å². The Hall–Kier alpha value is -3.04. The molecule has 3 aromatic rings. The van der Waals surface area contributed by atoms with Crippen LogP contribution in [0.2, 0.25) is 10.0 Å². The third-order valence-electron chi connectivity index (χ3n) is 9.93. The lowest BCUT2D eigenvalue weighted by Crippen LogP contribution is -2.45. The summed E-state index contributed by atoms with van der Waals surface area (Å²) in [6.45, 7) is 8.51. The number of hydrogen-bond donors (Lipinski definition) is 3. The largest absolute Gasteiger partial charge is 0.493 e. The second-order valence-corrected chi connectivity index (χ2v) is 14.3. The maximum Gasteiger partial charge on any atom is 0.220 e. The summed E-state index contributed by atoms with van der Waals surface area (Å²) in [4.78, 5) is 13.9. The number of piperidine rings is 2. The minimum absolute atomic E-state index is 0.0880. The highest BCUT2D eigenvalue weighted by molar-refractivity contribution is 6.35. The standard InChI is InChI=1S/C38H47Cl2FN4O3/c1-3-47-35-22-33(31(39)21-25(35)23-42-26-11-14-36(46)43-24-26)44-32-13-12-28-27(7-4-8-29(28)32)30-9-5-10-34(37(30)40)48-20-6-17-45-18-15-38(2,41)16-19-45/h4-5,7-10,21-22,26,32,42,44H,3,6,11-20,23-24H2,1-2H3,(H,43,46)/t26-,32?/m0/s1. The second-order valence-electron chi connectivity index (χ2n) is 13.5. The van der Waals surface area contributed by atoms with E-state index in [1.165, 1.54) is 11.1 Å². The number of nitrogens with one attached hydrogen (secondary N) is 3. The fourth-order valence-corrected chi connectivity index (χ4v) is 7.61. The van der Waals surface area contributed by atoms with Crippen LogP contribution in [0.1, 0.15) is 75.1 Å². The Morgan fingerprint density at radius 3 is 2.58 bits per heavy atom. The minimum atomic E-state index is -1.03. The lowest BCUT2D eigenvalue weighted by atomic mass is 9.96. The number of nitrogens with zero attached hydrogens (tertiary/aromatic N) is 1. The van der Waals surface area contributed by atoms with Crippen molar-refractivity contribution in [2.75, 3.05) is 44.7 Å². The van der Waals surface area contributed by atoms with Gasteiger partial charge in [-0.15, -0.1) is 0 Å². The van der Waals surface area contributed by atoms with E-state index in [0.29, 0.717) is 61.4 Å². The van der Waals surface area contributed by atoms with E-state index < -0.39 is 5.67 Å². The molecule has 1 amide bonds. The van der Waals surface area contributed by atoms with Crippen molar-refractivity contribution in [2.45, 2.75) is 83.1 Å². The van der Waals surface area contributed by atoms with Crippen LogP contribution in [0, 0.1) is 0 Å². The SMILES string of the molecule is CCOc1cc(NC2CCc3c(-c4cccc(OCCCN5CCC(C)(F)CC5)c4Cl)cccc32)c(Cl)cc1CN[C@H]1CCC(=O)NC1. The summed E-state index contributed by atoms with van der Waals surface area (Å²) in [6, 6.07) is 16.7. The number of rotatable bonds is 13. The summed E-state index contributed by atoms with van der Waals surface area (Å²) in [5, 5.41) is 11.4. The predicted molar refractivity (Wildman–Crippen MR) is 192 cm³/mol. The van der Waals surface area contributed by atoms with E-state index in [1.54, 1.807) is 6.92 Å². The first-order chi connectivity index (χ1) is 23.2. The molecule has 0 saturated carbocycles. The number of amides is 1. The molecule has 1 unspecified atom stereocenters. The van der Waals surface area contributed by atoms with Crippen LogP contribution < -0.4 is 25.4 Å². The third-order valence-corrected chi connectivity index (χ3v) is 10.6. The fraction of sp³-hybridized carbons (Fsp3) is 0.500. The molecule has 2 heterocycles. The van der Waals surface area contributed by atoms with Gasteiger partial charge >= 0.3 is 0 Å². The summed E-state index contributed by atoms with van der Waals surface area (Å²) in [5.41, 5.74) is 5.41. The Bertz CT molecular complexity index is 1580. The molecule has 0 radical (unpaired) electrons. The zero-order valence-corrected chi connectivity index (χ0v) is 29.5. The fourth-order valence-electron chi connectivity index (χ4n) is 7.08. The summed E-state index contributed by atoms with van der Waals surface area (Å²) in [7, 11) is 0. The first kappa shape index (κ1) is 34.8. The number of alkyl halides is 1. The van der Waals surface area contributed by atoms with Gasteiger partial charge in [-0.3, -0.25) is 4.79 Å². The van der Waals surface area contributed by atoms with E-state index in [9.17, 15) is 9.18 Å². The van der Waals surface area contributed by atoms with E-state index in [1.807, 2.05) is 31.2 Å². The van der Waals surface area contributed by atoms with Gasteiger partial charge in [-0.25, -0.2) is 4.39 Å². The summed E-state index contributed by atoms with van der Waals surface area (Å²) in [5.74, 6) is 1.59. The van der Waals surface area contributed by atoms with E-state index in [0.717, 1.165) is 73.4 Å². The van der Waals surface area contributed by atoms with Crippen LogP contribution in [-0.2, 0) is 17.8 Å². The average molecular weight is 698 g/mol. The maximum atomic E-state index is 14.1. The highest BCUT2D eigenvalue weighted by Crippen LogP contribution is 2.44. The Kier molecular flexibility index (Phi) is 11.4. The van der Waals surface area contributed by atoms with Crippen molar-refractivity contribution in [1.29, 1.82) is 0 Å². The van der Waals surface area contributed by atoms with Crippen molar-refractivity contribution in [3.63, 3.8) is 0 Å². The predicted octanol–water partition coefficient (Wildman–Crippen LogP) is 8.12. The summed E-state index contributed by atoms with van der Waals surface area (Å²) in [6.07, 6.45) is 5.24. The highest BCUT2D eigenvalue weighted by Gasteiger charge is 2.29. The molecule has 7 nitrogen and oxygen atoms in total. The quantitative estimate of drug-likeness (QED) is 0.157. The molecule has 1 aliphatic carbocycles. The molecule has 3 aliphatic rings. The number of ether oxygens (including phenoxy) is 2. The van der Waals surface area contributed by atoms with Crippen LogP contribution in [0.25, 0.3) is 11.1 Å². The van der Waals surface area contributed by atoms with Gasteiger partial charge in [0.2, 0.25) is 5.91 Å². The van der Waals surface area contributed by atoms with E-state index in [-0.39, 0.29) is 18.0 Å². The van der Waals surface area contributed by atoms with Gasteiger partial charge in [0.15, 0.2) is 0 Å². The van der Waals surface area contributed by atoms with E-state index in [2.05, 4.69) is 45.1 Å². The van der Waals surface area contributed by atoms with Gasteiger partial charge in [-0.1, -0.05) is 53.5 Å². The summed E-state index contributed by atoms with van der Waals surface area (Å²) < 4.78 is 26.4. The molecule has 2 aliphatic heterocycles. The lowest BCUT2D eigenvalue weighted by molar-refractivity contribution is -0.122.